The van der Waals surface area contributed by atoms with Crippen molar-refractivity contribution < 1.29 is 19.0 Å². The molecule has 0 aromatic carbocycles. The van der Waals surface area contributed by atoms with Crippen LogP contribution in [-0.4, -0.2) is 37.4 Å². The van der Waals surface area contributed by atoms with E-state index in [1.165, 1.54) is 0 Å². The zero-order valence-electron chi connectivity index (χ0n) is 20.1. The Bertz CT molecular complexity index is 413. The average Bonchev–Trinajstić information content (AvgIpc) is 2.77. The van der Waals surface area contributed by atoms with Crippen LogP contribution < -0.4 is 0 Å². The molecular formula is C26H47BrO4. The molecule has 0 aromatic rings. The van der Waals surface area contributed by atoms with E-state index in [9.17, 15) is 4.79 Å². The molecule has 0 aliphatic heterocycles. The van der Waals surface area contributed by atoms with Gasteiger partial charge in [-0.25, -0.2) is 0 Å². The molecule has 0 aromatic heterocycles. The second-order valence-electron chi connectivity index (χ2n) is 7.78. The largest absolute Gasteiger partial charge is 0.466 e. The van der Waals surface area contributed by atoms with Crippen molar-refractivity contribution in [3.63, 3.8) is 0 Å². The lowest BCUT2D eigenvalue weighted by Crippen LogP contribution is -2.19. The number of unbranched alkanes of at least 4 members (excludes halogenated alkanes) is 6. The molecule has 0 atom stereocenters. The third-order valence-corrected chi connectivity index (χ3v) is 5.36. The highest BCUT2D eigenvalue weighted by molar-refractivity contribution is 9.09. The van der Waals surface area contributed by atoms with Gasteiger partial charge in [0, 0.05) is 25.0 Å². The van der Waals surface area contributed by atoms with Crippen LogP contribution in [0.15, 0.2) is 24.3 Å². The standard InChI is InChI=1S/C26H47BrO4/c1-3-5-7-9-11-16-23-30-26(31-24-17-12-10-8-6-4-2)20-14-13-19-25(28)29-22-18-15-21-27/h5-8,26H,3-4,9-24H2,1-2H3/b7-5-,8-6-. The first kappa shape index (κ1) is 30.4. The van der Waals surface area contributed by atoms with Gasteiger partial charge in [0.15, 0.2) is 6.29 Å². The molecule has 0 spiro atoms. The van der Waals surface area contributed by atoms with Gasteiger partial charge in [0.25, 0.3) is 0 Å². The highest BCUT2D eigenvalue weighted by atomic mass is 79.9. The van der Waals surface area contributed by atoms with Gasteiger partial charge in [-0.1, -0.05) is 54.1 Å². The van der Waals surface area contributed by atoms with Crippen LogP contribution in [0.3, 0.4) is 0 Å². The monoisotopic (exact) mass is 502 g/mol. The molecular weight excluding hydrogens is 456 g/mol. The molecule has 0 bridgehead atoms. The summed E-state index contributed by atoms with van der Waals surface area (Å²) in [5.74, 6) is -0.0896. The second kappa shape index (κ2) is 25.6. The first-order valence-corrected chi connectivity index (χ1v) is 13.6. The summed E-state index contributed by atoms with van der Waals surface area (Å²) >= 11 is 3.38. The maximum atomic E-state index is 11.8. The molecule has 0 unspecified atom stereocenters. The number of rotatable bonds is 23. The predicted molar refractivity (Wildman–Crippen MR) is 135 cm³/mol. The maximum absolute atomic E-state index is 11.8. The number of alkyl halides is 1. The normalized spacial score (nSPS) is 11.9. The minimum atomic E-state index is -0.160. The first-order chi connectivity index (χ1) is 15.2. The Labute approximate surface area is 200 Å². The molecule has 0 saturated carbocycles. The number of hydrogen-bond acceptors (Lipinski definition) is 4. The zero-order chi connectivity index (χ0) is 22.8. The summed E-state index contributed by atoms with van der Waals surface area (Å²) in [6.07, 6.45) is 22.6. The Hall–Kier alpha value is -0.650. The van der Waals surface area contributed by atoms with Crippen molar-refractivity contribution in [2.24, 2.45) is 0 Å². The zero-order valence-corrected chi connectivity index (χ0v) is 21.7. The average molecular weight is 504 g/mol. The van der Waals surface area contributed by atoms with E-state index in [1.807, 2.05) is 0 Å². The fourth-order valence-electron chi connectivity index (χ4n) is 2.98. The molecule has 0 saturated heterocycles. The maximum Gasteiger partial charge on any atom is 0.305 e. The van der Waals surface area contributed by atoms with E-state index in [4.69, 9.17) is 14.2 Å². The van der Waals surface area contributed by atoms with Crippen LogP contribution in [0.5, 0.6) is 0 Å². The Morgan fingerprint density at radius 2 is 1.32 bits per heavy atom. The molecule has 0 fully saturated rings. The lowest BCUT2D eigenvalue weighted by molar-refractivity contribution is -0.149. The van der Waals surface area contributed by atoms with Crippen molar-refractivity contribution in [2.75, 3.05) is 25.2 Å². The van der Waals surface area contributed by atoms with Crippen LogP contribution in [0.25, 0.3) is 0 Å². The van der Waals surface area contributed by atoms with E-state index in [0.29, 0.717) is 13.0 Å². The van der Waals surface area contributed by atoms with Gasteiger partial charge in [0.05, 0.1) is 6.61 Å². The third kappa shape index (κ3) is 23.8. The SMILES string of the molecule is CC/C=C\CCCCOC(CCCCC(=O)OCCCCBr)OCCCC/C=C\CC. The van der Waals surface area contributed by atoms with Gasteiger partial charge in [0.2, 0.25) is 0 Å². The molecule has 182 valence electrons. The lowest BCUT2D eigenvalue weighted by Gasteiger charge is -2.18. The van der Waals surface area contributed by atoms with Crippen LogP contribution in [0.2, 0.25) is 0 Å². The number of carbonyl (C=O) groups excluding carboxylic acids is 1. The second-order valence-corrected chi connectivity index (χ2v) is 8.58. The topological polar surface area (TPSA) is 44.8 Å². The Morgan fingerprint density at radius 3 is 1.87 bits per heavy atom. The molecule has 0 rings (SSSR count). The number of esters is 1. The number of ether oxygens (including phenoxy) is 3. The fourth-order valence-corrected chi connectivity index (χ4v) is 3.37. The molecule has 31 heavy (non-hydrogen) atoms. The van der Waals surface area contributed by atoms with Gasteiger partial charge >= 0.3 is 5.97 Å². The van der Waals surface area contributed by atoms with Gasteiger partial charge in [-0.2, -0.15) is 0 Å². The summed E-state index contributed by atoms with van der Waals surface area (Å²) in [5.41, 5.74) is 0. The number of allylic oxidation sites excluding steroid dienone is 4. The smallest absolute Gasteiger partial charge is 0.305 e. The minimum absolute atomic E-state index is 0.0896. The van der Waals surface area contributed by atoms with Crippen molar-refractivity contribution in [1.29, 1.82) is 0 Å². The van der Waals surface area contributed by atoms with E-state index < -0.39 is 0 Å². The molecule has 0 amide bonds. The summed E-state index contributed by atoms with van der Waals surface area (Å²) in [7, 11) is 0. The van der Waals surface area contributed by atoms with Crippen molar-refractivity contribution in [3.05, 3.63) is 24.3 Å². The van der Waals surface area contributed by atoms with E-state index in [1.54, 1.807) is 0 Å². The van der Waals surface area contributed by atoms with E-state index in [-0.39, 0.29) is 12.3 Å². The minimum Gasteiger partial charge on any atom is -0.466 e. The van der Waals surface area contributed by atoms with E-state index in [2.05, 4.69) is 54.1 Å². The molecule has 0 aliphatic rings. The van der Waals surface area contributed by atoms with Crippen molar-refractivity contribution in [3.8, 4) is 0 Å². The van der Waals surface area contributed by atoms with Crippen LogP contribution in [0.4, 0.5) is 0 Å². The number of carbonyl (C=O) groups is 1. The Balaban J connectivity index is 4.02. The predicted octanol–water partition coefficient (Wildman–Crippen LogP) is 7.90. The van der Waals surface area contributed by atoms with Crippen molar-refractivity contribution >= 4 is 21.9 Å². The highest BCUT2D eigenvalue weighted by Crippen LogP contribution is 2.12. The summed E-state index contributed by atoms with van der Waals surface area (Å²) in [6.45, 7) is 6.32. The summed E-state index contributed by atoms with van der Waals surface area (Å²) in [5, 5.41) is 0.955. The molecule has 5 heteroatoms. The van der Waals surface area contributed by atoms with E-state index >= 15 is 0 Å². The third-order valence-electron chi connectivity index (χ3n) is 4.80. The van der Waals surface area contributed by atoms with Gasteiger partial charge < -0.3 is 14.2 Å². The first-order valence-electron chi connectivity index (χ1n) is 12.5. The molecule has 4 nitrogen and oxygen atoms in total. The summed E-state index contributed by atoms with van der Waals surface area (Å²) in [6, 6.07) is 0. The Kier molecular flexibility index (Phi) is 25.1. The molecule has 0 N–H and O–H groups in total. The van der Waals surface area contributed by atoms with Gasteiger partial charge in [-0.3, -0.25) is 4.79 Å². The van der Waals surface area contributed by atoms with Gasteiger partial charge in [0.1, 0.15) is 0 Å². The van der Waals surface area contributed by atoms with Crippen LogP contribution in [0.1, 0.15) is 104 Å². The lowest BCUT2D eigenvalue weighted by atomic mass is 10.2. The molecule has 0 radical (unpaired) electrons. The quantitative estimate of drug-likeness (QED) is 0.0467. The van der Waals surface area contributed by atoms with Crippen LogP contribution in [0, 0.1) is 0 Å². The fraction of sp³-hybridized carbons (Fsp3) is 0.808. The summed E-state index contributed by atoms with van der Waals surface area (Å²) in [4.78, 5) is 11.8. The van der Waals surface area contributed by atoms with E-state index in [0.717, 1.165) is 102 Å². The van der Waals surface area contributed by atoms with Gasteiger partial charge in [-0.05, 0) is 83.5 Å². The van der Waals surface area contributed by atoms with Crippen molar-refractivity contribution in [1.82, 2.24) is 0 Å². The highest BCUT2D eigenvalue weighted by Gasteiger charge is 2.10. The molecule has 0 heterocycles. The molecule has 0 aliphatic carbocycles. The Morgan fingerprint density at radius 1 is 0.742 bits per heavy atom. The van der Waals surface area contributed by atoms with Crippen molar-refractivity contribution in [2.45, 2.75) is 110 Å². The number of hydrogen-bond donors (Lipinski definition) is 0. The summed E-state index contributed by atoms with van der Waals surface area (Å²) < 4.78 is 17.3. The van der Waals surface area contributed by atoms with Gasteiger partial charge in [-0.15, -0.1) is 0 Å². The van der Waals surface area contributed by atoms with Crippen LogP contribution >= 0.6 is 15.9 Å². The number of halogens is 1. The van der Waals surface area contributed by atoms with Crippen LogP contribution in [-0.2, 0) is 19.0 Å².